The van der Waals surface area contributed by atoms with Gasteiger partial charge >= 0.3 is 0 Å². The molecule has 0 atom stereocenters. The van der Waals surface area contributed by atoms with Gasteiger partial charge in [-0.1, -0.05) is 6.07 Å². The molecule has 0 bridgehead atoms. The van der Waals surface area contributed by atoms with E-state index >= 15 is 0 Å². The first-order valence-corrected chi connectivity index (χ1v) is 8.07. The van der Waals surface area contributed by atoms with Gasteiger partial charge in [-0.2, -0.15) is 0 Å². The summed E-state index contributed by atoms with van der Waals surface area (Å²) in [6.07, 6.45) is 3.37. The lowest BCUT2D eigenvalue weighted by Gasteiger charge is -2.23. The second-order valence-electron chi connectivity index (χ2n) is 5.80. The molecule has 130 valence electrons. The van der Waals surface area contributed by atoms with E-state index in [0.29, 0.717) is 29.3 Å². The van der Waals surface area contributed by atoms with E-state index in [-0.39, 0.29) is 18.5 Å². The summed E-state index contributed by atoms with van der Waals surface area (Å²) in [4.78, 5) is 18.8. The summed E-state index contributed by atoms with van der Waals surface area (Å²) in [5.41, 5.74) is 1.92. The van der Waals surface area contributed by atoms with E-state index in [4.69, 9.17) is 9.47 Å². The van der Waals surface area contributed by atoms with Crippen molar-refractivity contribution in [2.75, 3.05) is 11.7 Å². The Morgan fingerprint density at radius 1 is 1.08 bits per heavy atom. The molecule has 6 heteroatoms. The van der Waals surface area contributed by atoms with Crippen LogP contribution in [0.15, 0.2) is 67.0 Å². The van der Waals surface area contributed by atoms with Gasteiger partial charge < -0.3 is 14.4 Å². The van der Waals surface area contributed by atoms with Crippen LogP contribution in [0.1, 0.15) is 15.9 Å². The molecule has 1 aliphatic heterocycles. The van der Waals surface area contributed by atoms with E-state index in [1.54, 1.807) is 47.6 Å². The predicted octanol–water partition coefficient (Wildman–Crippen LogP) is 3.80. The number of anilines is 1. The standard InChI is InChI=1S/C20H15FN2O3/c21-16-4-6-17(7-5-16)23(12-14-2-1-9-22-11-14)20(24)15-3-8-18-19(10-15)26-13-25-18/h1-11H,12-13H2. The highest BCUT2D eigenvalue weighted by Crippen LogP contribution is 2.33. The molecule has 0 saturated carbocycles. The zero-order chi connectivity index (χ0) is 17.9. The molecule has 0 fully saturated rings. The molecule has 0 saturated heterocycles. The highest BCUT2D eigenvalue weighted by atomic mass is 19.1. The van der Waals surface area contributed by atoms with Crippen molar-refractivity contribution < 1.29 is 18.7 Å². The van der Waals surface area contributed by atoms with Crippen LogP contribution in [-0.4, -0.2) is 17.7 Å². The third-order valence-corrected chi connectivity index (χ3v) is 4.07. The number of ether oxygens (including phenoxy) is 2. The largest absolute Gasteiger partial charge is 0.454 e. The maximum Gasteiger partial charge on any atom is 0.258 e. The molecule has 2 heterocycles. The lowest BCUT2D eigenvalue weighted by molar-refractivity contribution is 0.0984. The Hall–Kier alpha value is -3.41. The fourth-order valence-corrected chi connectivity index (χ4v) is 2.76. The molecule has 0 N–H and O–H groups in total. The summed E-state index contributed by atoms with van der Waals surface area (Å²) in [5, 5.41) is 0. The predicted molar refractivity (Wildman–Crippen MR) is 93.7 cm³/mol. The van der Waals surface area contributed by atoms with Crippen LogP contribution in [0.4, 0.5) is 10.1 Å². The lowest BCUT2D eigenvalue weighted by atomic mass is 10.1. The van der Waals surface area contributed by atoms with Gasteiger partial charge in [-0.05, 0) is 54.1 Å². The monoisotopic (exact) mass is 350 g/mol. The van der Waals surface area contributed by atoms with Gasteiger partial charge in [0.2, 0.25) is 6.79 Å². The van der Waals surface area contributed by atoms with Crippen LogP contribution in [0.2, 0.25) is 0 Å². The van der Waals surface area contributed by atoms with Crippen molar-refractivity contribution in [1.82, 2.24) is 4.98 Å². The van der Waals surface area contributed by atoms with Crippen molar-refractivity contribution in [2.45, 2.75) is 6.54 Å². The molecule has 1 aromatic heterocycles. The zero-order valence-corrected chi connectivity index (χ0v) is 13.8. The molecule has 2 aromatic carbocycles. The Morgan fingerprint density at radius 3 is 2.65 bits per heavy atom. The van der Waals surface area contributed by atoms with Gasteiger partial charge in [-0.25, -0.2) is 4.39 Å². The Labute approximate surface area is 149 Å². The Balaban J connectivity index is 1.69. The Bertz CT molecular complexity index is 930. The minimum absolute atomic E-state index is 0.143. The summed E-state index contributed by atoms with van der Waals surface area (Å²) in [5.74, 6) is 0.572. The maximum absolute atomic E-state index is 13.3. The average molecular weight is 350 g/mol. The molecular formula is C20H15FN2O3. The van der Waals surface area contributed by atoms with Gasteiger partial charge in [0, 0.05) is 23.6 Å². The van der Waals surface area contributed by atoms with Crippen LogP contribution in [0.5, 0.6) is 11.5 Å². The number of halogens is 1. The van der Waals surface area contributed by atoms with Crippen LogP contribution in [0, 0.1) is 5.82 Å². The molecule has 5 nitrogen and oxygen atoms in total. The van der Waals surface area contributed by atoms with E-state index in [1.807, 2.05) is 12.1 Å². The number of hydrogen-bond donors (Lipinski definition) is 0. The molecule has 0 aliphatic carbocycles. The van der Waals surface area contributed by atoms with E-state index in [2.05, 4.69) is 4.98 Å². The number of amides is 1. The molecule has 0 unspecified atom stereocenters. The normalized spacial score (nSPS) is 12.0. The molecule has 4 rings (SSSR count). The second-order valence-corrected chi connectivity index (χ2v) is 5.80. The van der Waals surface area contributed by atoms with Gasteiger partial charge in [-0.3, -0.25) is 9.78 Å². The van der Waals surface area contributed by atoms with Gasteiger partial charge in [0.1, 0.15) is 5.82 Å². The average Bonchev–Trinajstić information content (AvgIpc) is 3.15. The van der Waals surface area contributed by atoms with Gasteiger partial charge in [0.05, 0.1) is 6.54 Å². The fourth-order valence-electron chi connectivity index (χ4n) is 2.76. The number of carbonyl (C=O) groups excluding carboxylic acids is 1. The van der Waals surface area contributed by atoms with Crippen LogP contribution in [0.25, 0.3) is 0 Å². The molecule has 1 amide bonds. The first-order chi connectivity index (χ1) is 12.7. The summed E-state index contributed by atoms with van der Waals surface area (Å²) < 4.78 is 24.0. The summed E-state index contributed by atoms with van der Waals surface area (Å²) in [6, 6.07) is 14.6. The summed E-state index contributed by atoms with van der Waals surface area (Å²) in [6.45, 7) is 0.455. The number of nitrogens with zero attached hydrogens (tertiary/aromatic N) is 2. The summed E-state index contributed by atoms with van der Waals surface area (Å²) >= 11 is 0. The topological polar surface area (TPSA) is 51.7 Å². The van der Waals surface area contributed by atoms with Crippen molar-refractivity contribution in [3.63, 3.8) is 0 Å². The van der Waals surface area contributed by atoms with Gasteiger partial charge in [0.25, 0.3) is 5.91 Å². The van der Waals surface area contributed by atoms with Crippen molar-refractivity contribution in [2.24, 2.45) is 0 Å². The number of hydrogen-bond acceptors (Lipinski definition) is 4. The SMILES string of the molecule is O=C(c1ccc2c(c1)OCO2)N(Cc1cccnc1)c1ccc(F)cc1. The van der Waals surface area contributed by atoms with Crippen LogP contribution in [-0.2, 0) is 6.54 Å². The quantitative estimate of drug-likeness (QED) is 0.718. The van der Waals surface area contributed by atoms with E-state index in [9.17, 15) is 9.18 Å². The highest BCUT2D eigenvalue weighted by Gasteiger charge is 2.22. The van der Waals surface area contributed by atoms with Crippen LogP contribution >= 0.6 is 0 Å². The molecule has 26 heavy (non-hydrogen) atoms. The van der Waals surface area contributed by atoms with E-state index < -0.39 is 0 Å². The minimum Gasteiger partial charge on any atom is -0.454 e. The van der Waals surface area contributed by atoms with Crippen molar-refractivity contribution in [3.05, 3.63) is 83.9 Å². The van der Waals surface area contributed by atoms with Gasteiger partial charge in [-0.15, -0.1) is 0 Å². The zero-order valence-electron chi connectivity index (χ0n) is 13.8. The Kier molecular flexibility index (Phi) is 4.23. The van der Waals surface area contributed by atoms with Crippen molar-refractivity contribution in [3.8, 4) is 11.5 Å². The molecule has 0 radical (unpaired) electrons. The number of pyridine rings is 1. The third-order valence-electron chi connectivity index (χ3n) is 4.07. The number of fused-ring (bicyclic) bond motifs is 1. The summed E-state index contributed by atoms with van der Waals surface area (Å²) in [7, 11) is 0. The Morgan fingerprint density at radius 2 is 1.88 bits per heavy atom. The van der Waals surface area contributed by atoms with E-state index in [0.717, 1.165) is 5.56 Å². The second kappa shape index (κ2) is 6.84. The molecule has 3 aromatic rings. The van der Waals surface area contributed by atoms with Crippen LogP contribution < -0.4 is 14.4 Å². The fraction of sp³-hybridized carbons (Fsp3) is 0.100. The molecule has 0 spiro atoms. The van der Waals surface area contributed by atoms with Crippen LogP contribution in [0.3, 0.4) is 0 Å². The lowest BCUT2D eigenvalue weighted by Crippen LogP contribution is -2.30. The minimum atomic E-state index is -0.356. The van der Waals surface area contributed by atoms with Gasteiger partial charge in [0.15, 0.2) is 11.5 Å². The van der Waals surface area contributed by atoms with Crippen molar-refractivity contribution >= 4 is 11.6 Å². The maximum atomic E-state index is 13.3. The third kappa shape index (κ3) is 3.21. The number of benzene rings is 2. The number of aromatic nitrogens is 1. The first kappa shape index (κ1) is 16.1. The smallest absolute Gasteiger partial charge is 0.258 e. The highest BCUT2D eigenvalue weighted by molar-refractivity contribution is 6.06. The molecule has 1 aliphatic rings. The van der Waals surface area contributed by atoms with E-state index in [1.165, 1.54) is 12.1 Å². The first-order valence-electron chi connectivity index (χ1n) is 8.07. The number of carbonyl (C=O) groups is 1. The molecular weight excluding hydrogens is 335 g/mol. The van der Waals surface area contributed by atoms with Crippen molar-refractivity contribution in [1.29, 1.82) is 0 Å². The number of rotatable bonds is 4.